The van der Waals surface area contributed by atoms with Gasteiger partial charge in [0.1, 0.15) is 5.75 Å². The average molecular weight is 326 g/mol. The Balaban J connectivity index is 2.21. The van der Waals surface area contributed by atoms with E-state index in [2.05, 4.69) is 5.32 Å². The molecule has 0 saturated carbocycles. The van der Waals surface area contributed by atoms with Gasteiger partial charge in [0.05, 0.1) is 5.69 Å². The van der Waals surface area contributed by atoms with Gasteiger partial charge in [0, 0.05) is 10.0 Å². The molecule has 0 saturated heterocycles. The molecule has 0 aliphatic heterocycles. The molecule has 4 nitrogen and oxygen atoms in total. The molecular formula is C15H13Cl2NO3. The molecule has 0 fully saturated rings. The predicted octanol–water partition coefficient (Wildman–Crippen LogP) is 3.68. The molecule has 2 rings (SSSR count). The Hall–Kier alpha value is -1.75. The number of hydrogen-bond donors (Lipinski definition) is 3. The van der Waals surface area contributed by atoms with E-state index in [1.807, 2.05) is 0 Å². The second kappa shape index (κ2) is 6.35. The smallest absolute Gasteiger partial charge is 0.257 e. The van der Waals surface area contributed by atoms with Crippen molar-refractivity contribution in [2.45, 2.75) is 13.0 Å². The highest BCUT2D eigenvalue weighted by atomic mass is 35.5. The summed E-state index contributed by atoms with van der Waals surface area (Å²) in [7, 11) is 0. The van der Waals surface area contributed by atoms with Crippen LogP contribution in [0.1, 0.15) is 17.2 Å². The number of phenolic OH excluding ortho intramolecular Hbond substituents is 1. The molecule has 0 heterocycles. The summed E-state index contributed by atoms with van der Waals surface area (Å²) in [6.45, 7) is 1.71. The summed E-state index contributed by atoms with van der Waals surface area (Å²) in [6.07, 6.45) is -1.44. The number of aliphatic hydroxyl groups excluding tert-OH is 1. The maximum atomic E-state index is 12.0. The molecule has 1 atom stereocenters. The number of anilines is 1. The van der Waals surface area contributed by atoms with Gasteiger partial charge in [0.2, 0.25) is 0 Å². The molecule has 110 valence electrons. The Labute approximate surface area is 131 Å². The van der Waals surface area contributed by atoms with Crippen LogP contribution >= 0.6 is 23.2 Å². The zero-order valence-electron chi connectivity index (χ0n) is 11.1. The van der Waals surface area contributed by atoms with E-state index in [1.165, 1.54) is 24.3 Å². The minimum atomic E-state index is -1.44. The van der Waals surface area contributed by atoms with Crippen molar-refractivity contribution in [1.82, 2.24) is 0 Å². The third-order valence-electron chi connectivity index (χ3n) is 2.94. The van der Waals surface area contributed by atoms with Gasteiger partial charge in [-0.3, -0.25) is 4.79 Å². The van der Waals surface area contributed by atoms with Crippen molar-refractivity contribution in [2.24, 2.45) is 0 Å². The second-order valence-corrected chi connectivity index (χ2v) is 5.44. The molecule has 0 aliphatic carbocycles. The zero-order chi connectivity index (χ0) is 15.6. The fourth-order valence-corrected chi connectivity index (χ4v) is 2.39. The molecule has 3 N–H and O–H groups in total. The van der Waals surface area contributed by atoms with E-state index >= 15 is 0 Å². The third kappa shape index (κ3) is 3.67. The molecule has 0 radical (unpaired) electrons. The van der Waals surface area contributed by atoms with Crippen molar-refractivity contribution < 1.29 is 15.0 Å². The number of aromatic hydroxyl groups is 1. The number of para-hydroxylation sites is 1. The van der Waals surface area contributed by atoms with Gasteiger partial charge in [0.25, 0.3) is 5.91 Å². The van der Waals surface area contributed by atoms with Crippen molar-refractivity contribution in [2.75, 3.05) is 5.32 Å². The number of rotatable bonds is 3. The number of halogens is 2. The minimum Gasteiger partial charge on any atom is -0.505 e. The Bertz CT molecular complexity index is 668. The van der Waals surface area contributed by atoms with Crippen LogP contribution in [-0.4, -0.2) is 16.1 Å². The fraction of sp³-hybridized carbons (Fsp3) is 0.133. The maximum Gasteiger partial charge on any atom is 0.257 e. The van der Waals surface area contributed by atoms with E-state index in [9.17, 15) is 15.0 Å². The standard InChI is InChI=1S/C15H13Cl2NO3/c1-8-3-2-4-12(13(8)19)18-15(21)14(20)9-5-10(16)7-11(17)6-9/h2-7,14,19-20H,1H3,(H,18,21). The lowest BCUT2D eigenvalue weighted by Gasteiger charge is -2.14. The highest BCUT2D eigenvalue weighted by Gasteiger charge is 2.19. The minimum absolute atomic E-state index is 0.0397. The van der Waals surface area contributed by atoms with Crippen molar-refractivity contribution >= 4 is 34.8 Å². The second-order valence-electron chi connectivity index (χ2n) is 4.57. The summed E-state index contributed by atoms with van der Waals surface area (Å²) in [4.78, 5) is 12.0. The lowest BCUT2D eigenvalue weighted by molar-refractivity contribution is -0.124. The van der Waals surface area contributed by atoms with Gasteiger partial charge in [-0.15, -0.1) is 0 Å². The summed E-state index contributed by atoms with van der Waals surface area (Å²) in [5.41, 5.74) is 1.12. The van der Waals surface area contributed by atoms with E-state index < -0.39 is 12.0 Å². The van der Waals surface area contributed by atoms with E-state index in [-0.39, 0.29) is 17.0 Å². The normalized spacial score (nSPS) is 12.0. The van der Waals surface area contributed by atoms with Crippen LogP contribution in [-0.2, 0) is 4.79 Å². The van der Waals surface area contributed by atoms with Gasteiger partial charge in [-0.2, -0.15) is 0 Å². The summed E-state index contributed by atoms with van der Waals surface area (Å²) in [6, 6.07) is 9.34. The van der Waals surface area contributed by atoms with E-state index in [0.717, 1.165) is 0 Å². The molecule has 6 heteroatoms. The number of aliphatic hydroxyl groups is 1. The molecular weight excluding hydrogens is 313 g/mol. The van der Waals surface area contributed by atoms with Gasteiger partial charge < -0.3 is 15.5 Å². The number of phenols is 1. The Kier molecular flexibility index (Phi) is 4.73. The van der Waals surface area contributed by atoms with Crippen LogP contribution < -0.4 is 5.32 Å². The zero-order valence-corrected chi connectivity index (χ0v) is 12.6. The average Bonchev–Trinajstić information content (AvgIpc) is 2.42. The van der Waals surface area contributed by atoms with Crippen LogP contribution in [0.15, 0.2) is 36.4 Å². The number of carbonyl (C=O) groups is 1. The molecule has 0 bridgehead atoms. The predicted molar refractivity (Wildman–Crippen MR) is 82.9 cm³/mol. The largest absolute Gasteiger partial charge is 0.505 e. The number of hydrogen-bond acceptors (Lipinski definition) is 3. The molecule has 0 spiro atoms. The van der Waals surface area contributed by atoms with Gasteiger partial charge in [-0.25, -0.2) is 0 Å². The first-order valence-corrected chi connectivity index (χ1v) is 6.87. The first-order valence-electron chi connectivity index (χ1n) is 6.12. The molecule has 1 unspecified atom stereocenters. The number of carbonyl (C=O) groups excluding carboxylic acids is 1. The molecule has 2 aromatic carbocycles. The topological polar surface area (TPSA) is 69.6 Å². The van der Waals surface area contributed by atoms with Gasteiger partial charge in [-0.05, 0) is 42.3 Å². The lowest BCUT2D eigenvalue weighted by Crippen LogP contribution is -2.21. The van der Waals surface area contributed by atoms with Crippen molar-refractivity contribution in [3.63, 3.8) is 0 Å². The van der Waals surface area contributed by atoms with Crippen LogP contribution in [0.2, 0.25) is 10.0 Å². The number of benzene rings is 2. The molecule has 1 amide bonds. The lowest BCUT2D eigenvalue weighted by atomic mass is 10.1. The van der Waals surface area contributed by atoms with E-state index in [0.29, 0.717) is 15.6 Å². The van der Waals surface area contributed by atoms with Crippen LogP contribution in [0.5, 0.6) is 5.75 Å². The van der Waals surface area contributed by atoms with Crippen LogP contribution in [0, 0.1) is 6.92 Å². The van der Waals surface area contributed by atoms with Gasteiger partial charge in [-0.1, -0.05) is 35.3 Å². The summed E-state index contributed by atoms with van der Waals surface area (Å²) >= 11 is 11.7. The van der Waals surface area contributed by atoms with Gasteiger partial charge >= 0.3 is 0 Å². The van der Waals surface area contributed by atoms with Crippen LogP contribution in [0.25, 0.3) is 0 Å². The van der Waals surface area contributed by atoms with Crippen LogP contribution in [0.4, 0.5) is 5.69 Å². The van der Waals surface area contributed by atoms with Crippen LogP contribution in [0.3, 0.4) is 0 Å². The molecule has 0 aromatic heterocycles. The molecule has 2 aromatic rings. The highest BCUT2D eigenvalue weighted by Crippen LogP contribution is 2.29. The first kappa shape index (κ1) is 15.6. The van der Waals surface area contributed by atoms with E-state index in [4.69, 9.17) is 23.2 Å². The molecule has 0 aliphatic rings. The number of nitrogens with one attached hydrogen (secondary N) is 1. The summed E-state index contributed by atoms with van der Waals surface area (Å²) in [5, 5.41) is 23.0. The first-order chi connectivity index (χ1) is 9.88. The van der Waals surface area contributed by atoms with Crippen molar-refractivity contribution in [3.8, 4) is 5.75 Å². The maximum absolute atomic E-state index is 12.0. The van der Waals surface area contributed by atoms with E-state index in [1.54, 1.807) is 19.1 Å². The Morgan fingerprint density at radius 2 is 1.81 bits per heavy atom. The molecule has 21 heavy (non-hydrogen) atoms. The van der Waals surface area contributed by atoms with Gasteiger partial charge in [0.15, 0.2) is 6.10 Å². The quantitative estimate of drug-likeness (QED) is 0.754. The van der Waals surface area contributed by atoms with Crippen molar-refractivity contribution in [1.29, 1.82) is 0 Å². The highest BCUT2D eigenvalue weighted by molar-refractivity contribution is 6.34. The number of amides is 1. The summed E-state index contributed by atoms with van der Waals surface area (Å²) < 4.78 is 0. The fourth-order valence-electron chi connectivity index (χ4n) is 1.85. The Morgan fingerprint density at radius 3 is 2.43 bits per heavy atom. The van der Waals surface area contributed by atoms with Crippen molar-refractivity contribution in [3.05, 3.63) is 57.6 Å². The SMILES string of the molecule is Cc1cccc(NC(=O)C(O)c2cc(Cl)cc(Cl)c2)c1O. The number of aryl methyl sites for hydroxylation is 1. The monoisotopic (exact) mass is 325 g/mol. The third-order valence-corrected chi connectivity index (χ3v) is 3.38. The Morgan fingerprint density at radius 1 is 1.19 bits per heavy atom. The summed E-state index contributed by atoms with van der Waals surface area (Å²) in [5.74, 6) is -0.726.